The van der Waals surface area contributed by atoms with Gasteiger partial charge in [-0.1, -0.05) is 25.9 Å². The van der Waals surface area contributed by atoms with Crippen LogP contribution in [-0.2, 0) is 0 Å². The van der Waals surface area contributed by atoms with Gasteiger partial charge in [-0.15, -0.1) is 0 Å². The average Bonchev–Trinajstić information content (AvgIpc) is 2.64. The van der Waals surface area contributed by atoms with E-state index < -0.39 is 0 Å². The maximum atomic E-state index is 5.75. The SMILES string of the molecule is CCC(C)c1noc([C@@H](N)CC)n1. The molecule has 0 amide bonds. The predicted molar refractivity (Wildman–Crippen MR) is 50.2 cm³/mol. The van der Waals surface area contributed by atoms with E-state index in [0.717, 1.165) is 18.7 Å². The van der Waals surface area contributed by atoms with Crippen LogP contribution in [-0.4, -0.2) is 10.1 Å². The Morgan fingerprint density at radius 1 is 1.38 bits per heavy atom. The normalized spacial score (nSPS) is 15.7. The summed E-state index contributed by atoms with van der Waals surface area (Å²) in [6, 6.07) is -0.120. The average molecular weight is 183 g/mol. The Balaban J connectivity index is 2.74. The molecule has 0 spiro atoms. The lowest BCUT2D eigenvalue weighted by molar-refractivity contribution is 0.346. The van der Waals surface area contributed by atoms with Gasteiger partial charge in [0.15, 0.2) is 5.82 Å². The Kier molecular flexibility index (Phi) is 3.42. The van der Waals surface area contributed by atoms with Gasteiger partial charge in [0.2, 0.25) is 5.89 Å². The molecule has 0 bridgehead atoms. The molecule has 13 heavy (non-hydrogen) atoms. The van der Waals surface area contributed by atoms with Gasteiger partial charge < -0.3 is 10.3 Å². The number of hydrogen-bond donors (Lipinski definition) is 1. The van der Waals surface area contributed by atoms with Gasteiger partial charge in [-0.2, -0.15) is 4.98 Å². The predicted octanol–water partition coefficient (Wildman–Crippen LogP) is 1.99. The molecule has 0 aromatic carbocycles. The van der Waals surface area contributed by atoms with E-state index in [4.69, 9.17) is 10.3 Å². The van der Waals surface area contributed by atoms with Crippen LogP contribution < -0.4 is 5.73 Å². The first-order valence-corrected chi connectivity index (χ1v) is 4.78. The molecule has 0 aliphatic heterocycles. The van der Waals surface area contributed by atoms with Crippen molar-refractivity contribution in [1.29, 1.82) is 0 Å². The lowest BCUT2D eigenvalue weighted by Crippen LogP contribution is -2.09. The maximum Gasteiger partial charge on any atom is 0.243 e. The van der Waals surface area contributed by atoms with Crippen LogP contribution in [0.5, 0.6) is 0 Å². The summed E-state index contributed by atoms with van der Waals surface area (Å²) in [6.07, 6.45) is 1.84. The first-order valence-electron chi connectivity index (χ1n) is 4.78. The molecule has 0 aliphatic rings. The number of rotatable bonds is 4. The summed E-state index contributed by atoms with van der Waals surface area (Å²) in [7, 11) is 0. The number of nitrogens with zero attached hydrogens (tertiary/aromatic N) is 2. The molecule has 2 N–H and O–H groups in total. The fourth-order valence-electron chi connectivity index (χ4n) is 0.955. The zero-order valence-corrected chi connectivity index (χ0v) is 8.45. The zero-order chi connectivity index (χ0) is 9.84. The second-order valence-electron chi connectivity index (χ2n) is 3.31. The standard InChI is InChI=1S/C9H17N3O/c1-4-6(3)8-11-9(13-12-8)7(10)5-2/h6-7H,4-5,10H2,1-3H3/t6?,7-/m0/s1. The molecule has 1 heterocycles. The van der Waals surface area contributed by atoms with Crippen molar-refractivity contribution in [2.45, 2.75) is 45.6 Å². The quantitative estimate of drug-likeness (QED) is 0.775. The second-order valence-corrected chi connectivity index (χ2v) is 3.31. The van der Waals surface area contributed by atoms with Crippen LogP contribution >= 0.6 is 0 Å². The van der Waals surface area contributed by atoms with Crippen molar-refractivity contribution in [2.24, 2.45) is 5.73 Å². The van der Waals surface area contributed by atoms with E-state index >= 15 is 0 Å². The highest BCUT2D eigenvalue weighted by atomic mass is 16.5. The molecule has 1 aromatic heterocycles. The summed E-state index contributed by atoms with van der Waals surface area (Å²) >= 11 is 0. The lowest BCUT2D eigenvalue weighted by atomic mass is 10.1. The van der Waals surface area contributed by atoms with E-state index in [2.05, 4.69) is 24.0 Å². The van der Waals surface area contributed by atoms with E-state index in [1.54, 1.807) is 0 Å². The highest BCUT2D eigenvalue weighted by Gasteiger charge is 2.15. The third kappa shape index (κ3) is 2.28. The van der Waals surface area contributed by atoms with Crippen molar-refractivity contribution in [3.63, 3.8) is 0 Å². The second kappa shape index (κ2) is 4.37. The highest BCUT2D eigenvalue weighted by molar-refractivity contribution is 4.95. The Morgan fingerprint density at radius 2 is 2.08 bits per heavy atom. The van der Waals surface area contributed by atoms with E-state index in [1.165, 1.54) is 0 Å². The molecule has 4 heteroatoms. The van der Waals surface area contributed by atoms with Crippen LogP contribution in [0.2, 0.25) is 0 Å². The summed E-state index contributed by atoms with van der Waals surface area (Å²) in [5.74, 6) is 1.67. The Bertz CT molecular complexity index is 235. The zero-order valence-electron chi connectivity index (χ0n) is 8.45. The lowest BCUT2D eigenvalue weighted by Gasteiger charge is -2.01. The Hall–Kier alpha value is -0.900. The van der Waals surface area contributed by atoms with Gasteiger partial charge in [0.05, 0.1) is 6.04 Å². The molecule has 0 aliphatic carbocycles. The molecular weight excluding hydrogens is 166 g/mol. The van der Waals surface area contributed by atoms with E-state index in [1.807, 2.05) is 6.92 Å². The van der Waals surface area contributed by atoms with Gasteiger partial charge in [0.1, 0.15) is 0 Å². The van der Waals surface area contributed by atoms with Gasteiger partial charge in [0, 0.05) is 5.92 Å². The topological polar surface area (TPSA) is 64.9 Å². The first-order chi connectivity index (χ1) is 6.19. The van der Waals surface area contributed by atoms with Crippen molar-refractivity contribution in [2.75, 3.05) is 0 Å². The van der Waals surface area contributed by atoms with Crippen LogP contribution in [0.15, 0.2) is 4.52 Å². The van der Waals surface area contributed by atoms with Gasteiger partial charge in [-0.25, -0.2) is 0 Å². The van der Waals surface area contributed by atoms with E-state index in [0.29, 0.717) is 11.8 Å². The summed E-state index contributed by atoms with van der Waals surface area (Å²) in [5.41, 5.74) is 5.75. The monoisotopic (exact) mass is 183 g/mol. The number of aromatic nitrogens is 2. The van der Waals surface area contributed by atoms with Crippen molar-refractivity contribution < 1.29 is 4.52 Å². The largest absolute Gasteiger partial charge is 0.338 e. The summed E-state index contributed by atoms with van der Waals surface area (Å²) in [4.78, 5) is 4.25. The van der Waals surface area contributed by atoms with Gasteiger partial charge in [0.25, 0.3) is 0 Å². The summed E-state index contributed by atoms with van der Waals surface area (Å²) < 4.78 is 5.05. The minimum absolute atomic E-state index is 0.120. The molecular formula is C9H17N3O. The van der Waals surface area contributed by atoms with Gasteiger partial charge in [-0.05, 0) is 12.8 Å². The minimum Gasteiger partial charge on any atom is -0.338 e. The molecule has 4 nitrogen and oxygen atoms in total. The van der Waals surface area contributed by atoms with E-state index in [9.17, 15) is 0 Å². The molecule has 0 saturated heterocycles. The molecule has 1 unspecified atom stereocenters. The van der Waals surface area contributed by atoms with Crippen LogP contribution in [0.4, 0.5) is 0 Å². The van der Waals surface area contributed by atoms with Crippen molar-refractivity contribution in [1.82, 2.24) is 10.1 Å². The van der Waals surface area contributed by atoms with Crippen LogP contribution in [0, 0.1) is 0 Å². The van der Waals surface area contributed by atoms with Crippen molar-refractivity contribution in [3.05, 3.63) is 11.7 Å². The van der Waals surface area contributed by atoms with Crippen LogP contribution in [0.1, 0.15) is 57.3 Å². The molecule has 2 atom stereocenters. The highest BCUT2D eigenvalue weighted by Crippen LogP contribution is 2.17. The first kappa shape index (κ1) is 10.2. The van der Waals surface area contributed by atoms with Gasteiger partial charge >= 0.3 is 0 Å². The van der Waals surface area contributed by atoms with E-state index in [-0.39, 0.29) is 6.04 Å². The van der Waals surface area contributed by atoms with Crippen LogP contribution in [0.25, 0.3) is 0 Å². The maximum absolute atomic E-state index is 5.75. The molecule has 0 fully saturated rings. The third-order valence-electron chi connectivity index (χ3n) is 2.27. The van der Waals surface area contributed by atoms with Gasteiger partial charge in [-0.3, -0.25) is 0 Å². The third-order valence-corrected chi connectivity index (χ3v) is 2.27. The minimum atomic E-state index is -0.120. The molecule has 1 aromatic rings. The Labute approximate surface area is 78.5 Å². The van der Waals surface area contributed by atoms with Crippen LogP contribution in [0.3, 0.4) is 0 Å². The molecule has 0 saturated carbocycles. The smallest absolute Gasteiger partial charge is 0.243 e. The Morgan fingerprint density at radius 3 is 2.62 bits per heavy atom. The molecule has 74 valence electrons. The molecule has 1 rings (SSSR count). The van der Waals surface area contributed by atoms with Crippen molar-refractivity contribution >= 4 is 0 Å². The number of hydrogen-bond acceptors (Lipinski definition) is 4. The summed E-state index contributed by atoms with van der Waals surface area (Å²) in [5, 5.41) is 3.89. The fourth-order valence-corrected chi connectivity index (χ4v) is 0.955. The summed E-state index contributed by atoms with van der Waals surface area (Å²) in [6.45, 7) is 6.17. The fraction of sp³-hybridized carbons (Fsp3) is 0.778. The number of nitrogens with two attached hydrogens (primary N) is 1. The molecule has 0 radical (unpaired) electrons. The van der Waals surface area contributed by atoms with Crippen molar-refractivity contribution in [3.8, 4) is 0 Å².